The lowest BCUT2D eigenvalue weighted by Gasteiger charge is -1.99. The highest BCUT2D eigenvalue weighted by atomic mass is 16.5. The Balaban J connectivity index is 2.63. The first-order chi connectivity index (χ1) is 2.77. The summed E-state index contributed by atoms with van der Waals surface area (Å²) < 4.78 is 4.81. The maximum absolute atomic E-state index is 4.81. The van der Waals surface area contributed by atoms with Crippen LogP contribution in [0.1, 0.15) is 13.8 Å². The van der Waals surface area contributed by atoms with Crippen LogP contribution < -0.4 is 0 Å². The van der Waals surface area contributed by atoms with Gasteiger partial charge in [-0.2, -0.15) is 0 Å². The molecule has 0 heterocycles. The summed E-state index contributed by atoms with van der Waals surface area (Å²) >= 11 is 0. The van der Waals surface area contributed by atoms with Crippen LogP contribution in [0, 0.1) is 13.5 Å². The van der Waals surface area contributed by atoms with Crippen LogP contribution in [0.2, 0.25) is 0 Å². The van der Waals surface area contributed by atoms with Gasteiger partial charge in [-0.15, -0.1) is 0 Å². The summed E-state index contributed by atoms with van der Waals surface area (Å²) in [6.07, 6.45) is 0.0926. The van der Waals surface area contributed by atoms with Crippen molar-refractivity contribution in [1.82, 2.24) is 0 Å². The van der Waals surface area contributed by atoms with Crippen molar-refractivity contribution in [2.24, 2.45) is 0 Å². The van der Waals surface area contributed by atoms with Gasteiger partial charge in [-0.05, 0) is 20.8 Å². The van der Waals surface area contributed by atoms with Crippen LogP contribution in [-0.2, 0) is 4.74 Å². The van der Waals surface area contributed by atoms with Crippen molar-refractivity contribution < 1.29 is 4.74 Å². The minimum atomic E-state index is 0.0926. The summed E-state index contributed by atoms with van der Waals surface area (Å²) in [4.78, 5) is 0. The van der Waals surface area contributed by atoms with E-state index in [9.17, 15) is 0 Å². The third-order valence-electron chi connectivity index (χ3n) is 0.368. The van der Waals surface area contributed by atoms with Gasteiger partial charge in [0, 0.05) is 0 Å². The molecule has 0 aliphatic carbocycles. The van der Waals surface area contributed by atoms with Crippen LogP contribution in [0.3, 0.4) is 0 Å². The van der Waals surface area contributed by atoms with E-state index < -0.39 is 0 Å². The Hall–Kier alpha value is -0.0400. The zero-order valence-corrected chi connectivity index (χ0v) is 4.27. The number of rotatable bonds is 2. The standard InChI is InChI=1S/C5H10O/c1-4-6-5(2)3/h4-5H,2H2,1,3H3. The Morgan fingerprint density at radius 3 is 2.33 bits per heavy atom. The second kappa shape index (κ2) is 3.16. The SMILES string of the molecule is [CH2]C(C)O[CH]C. The van der Waals surface area contributed by atoms with Gasteiger partial charge in [0.25, 0.3) is 0 Å². The molecule has 6 heavy (non-hydrogen) atoms. The summed E-state index contributed by atoms with van der Waals surface area (Å²) in [6.45, 7) is 8.94. The van der Waals surface area contributed by atoms with E-state index in [1.54, 1.807) is 6.61 Å². The highest BCUT2D eigenvalue weighted by Crippen LogP contribution is 1.86. The second-order valence-electron chi connectivity index (χ2n) is 1.18. The molecule has 0 amide bonds. The predicted molar refractivity (Wildman–Crippen MR) is 25.9 cm³/mol. The summed E-state index contributed by atoms with van der Waals surface area (Å²) in [5, 5.41) is 0. The molecule has 0 rings (SSSR count). The molecule has 0 aliphatic rings. The fourth-order valence-corrected chi connectivity index (χ4v) is 0.232. The summed E-state index contributed by atoms with van der Waals surface area (Å²) in [6, 6.07) is 0. The normalized spacial score (nSPS) is 10.0. The lowest BCUT2D eigenvalue weighted by molar-refractivity contribution is 0.160. The van der Waals surface area contributed by atoms with Gasteiger partial charge in [0.1, 0.15) is 0 Å². The molecule has 0 aromatic rings. The van der Waals surface area contributed by atoms with Gasteiger partial charge in [-0.25, -0.2) is 0 Å². The Morgan fingerprint density at radius 2 is 2.33 bits per heavy atom. The van der Waals surface area contributed by atoms with Crippen LogP contribution in [0.25, 0.3) is 0 Å². The molecular weight excluding hydrogens is 76.1 g/mol. The highest BCUT2D eigenvalue weighted by Gasteiger charge is 1.84. The quantitative estimate of drug-likeness (QED) is 0.493. The van der Waals surface area contributed by atoms with Gasteiger partial charge < -0.3 is 4.74 Å². The topological polar surface area (TPSA) is 9.23 Å². The van der Waals surface area contributed by atoms with Gasteiger partial charge in [-0.1, -0.05) is 0 Å². The molecule has 36 valence electrons. The van der Waals surface area contributed by atoms with Gasteiger partial charge in [0.15, 0.2) is 0 Å². The van der Waals surface area contributed by atoms with E-state index in [-0.39, 0.29) is 6.10 Å². The van der Waals surface area contributed by atoms with Gasteiger partial charge in [0.2, 0.25) is 0 Å². The van der Waals surface area contributed by atoms with Crippen molar-refractivity contribution in [2.75, 3.05) is 0 Å². The summed E-state index contributed by atoms with van der Waals surface area (Å²) in [7, 11) is 0. The molecule has 0 fully saturated rings. The smallest absolute Gasteiger partial charge is 0.0809 e. The van der Waals surface area contributed by atoms with E-state index in [4.69, 9.17) is 4.74 Å². The van der Waals surface area contributed by atoms with E-state index >= 15 is 0 Å². The lowest BCUT2D eigenvalue weighted by Crippen LogP contribution is -1.96. The number of hydrogen-bond acceptors (Lipinski definition) is 1. The zero-order valence-electron chi connectivity index (χ0n) is 4.27. The molecule has 0 spiro atoms. The van der Waals surface area contributed by atoms with Crippen molar-refractivity contribution in [3.8, 4) is 0 Å². The first-order valence-corrected chi connectivity index (χ1v) is 2.03. The maximum Gasteiger partial charge on any atom is 0.0809 e. The molecule has 1 nitrogen and oxygen atoms in total. The molecule has 0 aromatic carbocycles. The van der Waals surface area contributed by atoms with E-state index in [1.807, 2.05) is 13.8 Å². The fourth-order valence-electron chi connectivity index (χ4n) is 0.232. The first-order valence-electron chi connectivity index (χ1n) is 2.03. The Morgan fingerprint density at radius 1 is 1.83 bits per heavy atom. The third kappa shape index (κ3) is 3.96. The van der Waals surface area contributed by atoms with Gasteiger partial charge in [0.05, 0.1) is 12.7 Å². The van der Waals surface area contributed by atoms with Crippen molar-refractivity contribution in [3.63, 3.8) is 0 Å². The van der Waals surface area contributed by atoms with E-state index in [0.717, 1.165) is 0 Å². The molecule has 0 aliphatic heterocycles. The van der Waals surface area contributed by atoms with Crippen LogP contribution >= 0.6 is 0 Å². The highest BCUT2D eigenvalue weighted by molar-refractivity contribution is 4.50. The fraction of sp³-hybridized carbons (Fsp3) is 0.600. The minimum absolute atomic E-state index is 0.0926. The third-order valence-corrected chi connectivity index (χ3v) is 0.368. The Kier molecular flexibility index (Phi) is 3.14. The average molecular weight is 86.1 g/mol. The van der Waals surface area contributed by atoms with Crippen LogP contribution in [0.15, 0.2) is 0 Å². The molecule has 1 atom stereocenters. The van der Waals surface area contributed by atoms with E-state index in [2.05, 4.69) is 6.92 Å². The van der Waals surface area contributed by atoms with E-state index in [0.29, 0.717) is 0 Å². The number of hydrogen-bond donors (Lipinski definition) is 0. The zero-order chi connectivity index (χ0) is 4.99. The monoisotopic (exact) mass is 86.1 g/mol. The van der Waals surface area contributed by atoms with E-state index in [1.165, 1.54) is 0 Å². The molecule has 1 heteroatoms. The van der Waals surface area contributed by atoms with Gasteiger partial charge in [-0.3, -0.25) is 0 Å². The predicted octanol–water partition coefficient (Wildman–Crippen LogP) is 1.41. The van der Waals surface area contributed by atoms with Crippen molar-refractivity contribution in [3.05, 3.63) is 13.5 Å². The first kappa shape index (κ1) is 5.96. The second-order valence-corrected chi connectivity index (χ2v) is 1.18. The van der Waals surface area contributed by atoms with Crippen molar-refractivity contribution >= 4 is 0 Å². The average Bonchev–Trinajstić information content (AvgIpc) is 1.35. The maximum atomic E-state index is 4.81. The Labute approximate surface area is 39.3 Å². The molecule has 0 N–H and O–H groups in total. The molecule has 0 bridgehead atoms. The van der Waals surface area contributed by atoms with Crippen LogP contribution in [0.5, 0.6) is 0 Å². The van der Waals surface area contributed by atoms with Crippen LogP contribution in [-0.4, -0.2) is 6.10 Å². The molecule has 0 aromatic heterocycles. The lowest BCUT2D eigenvalue weighted by atomic mass is 10.5. The minimum Gasteiger partial charge on any atom is -0.373 e. The summed E-state index contributed by atoms with van der Waals surface area (Å²) in [5.74, 6) is 0. The number of ether oxygens (including phenoxy) is 1. The molecule has 2 radical (unpaired) electrons. The van der Waals surface area contributed by atoms with Crippen molar-refractivity contribution in [1.29, 1.82) is 0 Å². The van der Waals surface area contributed by atoms with Gasteiger partial charge >= 0.3 is 0 Å². The molecular formula is C5H10O. The summed E-state index contributed by atoms with van der Waals surface area (Å²) in [5.41, 5.74) is 0. The molecule has 0 saturated heterocycles. The largest absolute Gasteiger partial charge is 0.373 e. The molecule has 0 saturated carbocycles. The Bertz CT molecular complexity index is 25.1. The van der Waals surface area contributed by atoms with Crippen molar-refractivity contribution in [2.45, 2.75) is 20.0 Å². The van der Waals surface area contributed by atoms with Crippen LogP contribution in [0.4, 0.5) is 0 Å². The molecule has 1 unspecified atom stereocenters.